The van der Waals surface area contributed by atoms with Gasteiger partial charge >= 0.3 is 0 Å². The highest BCUT2D eigenvalue weighted by Crippen LogP contribution is 2.61. The molecule has 1 N–H and O–H groups in total. The Labute approximate surface area is 164 Å². The first kappa shape index (κ1) is 19.8. The fraction of sp³-hybridized carbons (Fsp3) is 0.632. The Morgan fingerprint density at radius 3 is 2.77 bits per heavy atom. The summed E-state index contributed by atoms with van der Waals surface area (Å²) in [6.07, 6.45) is 3.66. The van der Waals surface area contributed by atoms with E-state index in [1.165, 1.54) is 25.0 Å². The van der Waals surface area contributed by atoms with Crippen molar-refractivity contribution in [1.82, 2.24) is 9.03 Å². The van der Waals surface area contributed by atoms with E-state index in [1.54, 1.807) is 18.4 Å². The van der Waals surface area contributed by atoms with Crippen molar-refractivity contribution in [1.29, 1.82) is 0 Å². The summed E-state index contributed by atoms with van der Waals surface area (Å²) >= 11 is 7.32. The number of amides is 1. The van der Waals surface area contributed by atoms with Crippen LogP contribution in [0.25, 0.3) is 0 Å². The molecule has 26 heavy (non-hydrogen) atoms. The summed E-state index contributed by atoms with van der Waals surface area (Å²) in [4.78, 5) is 12.1. The zero-order valence-corrected chi connectivity index (χ0v) is 17.2. The van der Waals surface area contributed by atoms with E-state index >= 15 is 0 Å². The molecule has 4 rings (SSSR count). The third-order valence-electron chi connectivity index (χ3n) is 6.04. The van der Waals surface area contributed by atoms with Crippen LogP contribution in [-0.2, 0) is 0 Å². The van der Waals surface area contributed by atoms with E-state index in [-0.39, 0.29) is 10.6 Å². The molecule has 3 fully saturated rings. The Hall–Kier alpha value is -0.980. The number of fused-ring (bicyclic) bond motifs is 2. The predicted octanol–water partition coefficient (Wildman–Crippen LogP) is 4.78. The van der Waals surface area contributed by atoms with Gasteiger partial charge < -0.3 is 4.74 Å². The first-order valence-corrected chi connectivity index (χ1v) is 10.1. The molecule has 7 heteroatoms. The van der Waals surface area contributed by atoms with Gasteiger partial charge in [0.2, 0.25) is 0 Å². The number of nitrogens with one attached hydrogen (secondary N) is 1. The van der Waals surface area contributed by atoms with Crippen molar-refractivity contribution < 1.29 is 13.9 Å². The van der Waals surface area contributed by atoms with Crippen LogP contribution in [-0.4, -0.2) is 30.9 Å². The van der Waals surface area contributed by atoms with Gasteiger partial charge in [-0.25, -0.2) is 8.70 Å². The zero-order chi connectivity index (χ0) is 19.1. The van der Waals surface area contributed by atoms with Crippen LogP contribution in [0.3, 0.4) is 0 Å². The lowest BCUT2D eigenvalue weighted by Gasteiger charge is -2.60. The molecular formula is C19H26ClFN2O2S. The van der Waals surface area contributed by atoms with Crippen molar-refractivity contribution in [3.63, 3.8) is 0 Å². The molecule has 2 bridgehead atoms. The second-order valence-corrected chi connectivity index (χ2v) is 9.63. The largest absolute Gasteiger partial charge is 0.492 e. The minimum Gasteiger partial charge on any atom is -0.492 e. The molecule has 2 unspecified atom stereocenters. The summed E-state index contributed by atoms with van der Waals surface area (Å²) in [5, 5.41) is 0.257. The topological polar surface area (TPSA) is 41.6 Å². The van der Waals surface area contributed by atoms with Gasteiger partial charge in [0.25, 0.3) is 5.91 Å². The Bertz CT molecular complexity index is 696. The number of rotatable bonds is 6. The Morgan fingerprint density at radius 1 is 1.42 bits per heavy atom. The average Bonchev–Trinajstić information content (AvgIpc) is 2.59. The van der Waals surface area contributed by atoms with Gasteiger partial charge in [0.15, 0.2) is 0 Å². The molecule has 3 saturated carbocycles. The van der Waals surface area contributed by atoms with E-state index in [2.05, 4.69) is 18.6 Å². The SMILES string of the molecule is CN(C)SNC(=O)c1cc(Cl)c(OC[C@@H]2CCC3CC2C3(C)C)cc1F. The minimum absolute atomic E-state index is 0.0858. The van der Waals surface area contributed by atoms with Crippen LogP contribution >= 0.6 is 23.7 Å². The molecule has 3 aliphatic carbocycles. The van der Waals surface area contributed by atoms with Gasteiger partial charge in [-0.3, -0.25) is 9.52 Å². The van der Waals surface area contributed by atoms with Crippen molar-refractivity contribution >= 4 is 29.6 Å². The number of hydrogen-bond acceptors (Lipinski definition) is 4. The van der Waals surface area contributed by atoms with Crippen molar-refractivity contribution in [2.75, 3.05) is 20.7 Å². The minimum atomic E-state index is -0.631. The number of halogens is 2. The number of benzene rings is 1. The molecule has 3 atom stereocenters. The summed E-state index contributed by atoms with van der Waals surface area (Å²) in [5.74, 6) is 1.13. The molecule has 0 radical (unpaired) electrons. The fourth-order valence-electron chi connectivity index (χ4n) is 4.36. The fourth-order valence-corrected chi connectivity index (χ4v) is 4.95. The molecule has 0 spiro atoms. The lowest BCUT2D eigenvalue weighted by atomic mass is 9.46. The molecule has 1 aromatic rings. The highest BCUT2D eigenvalue weighted by molar-refractivity contribution is 7.95. The van der Waals surface area contributed by atoms with Crippen molar-refractivity contribution in [3.8, 4) is 5.75 Å². The van der Waals surface area contributed by atoms with Crippen molar-refractivity contribution in [2.24, 2.45) is 23.2 Å². The zero-order valence-electron chi connectivity index (χ0n) is 15.6. The molecule has 0 saturated heterocycles. The Balaban J connectivity index is 1.64. The average molecular weight is 401 g/mol. The van der Waals surface area contributed by atoms with Gasteiger partial charge in [0.05, 0.1) is 17.2 Å². The van der Waals surface area contributed by atoms with Crippen LogP contribution in [0.5, 0.6) is 5.75 Å². The lowest BCUT2D eigenvalue weighted by molar-refractivity contribution is -0.114. The smallest absolute Gasteiger partial charge is 0.265 e. The molecule has 4 nitrogen and oxygen atoms in total. The normalized spacial score (nSPS) is 26.3. The maximum absolute atomic E-state index is 14.4. The summed E-state index contributed by atoms with van der Waals surface area (Å²) in [6.45, 7) is 5.22. The molecule has 0 aliphatic heterocycles. The van der Waals surface area contributed by atoms with Crippen molar-refractivity contribution in [3.05, 3.63) is 28.5 Å². The monoisotopic (exact) mass is 400 g/mol. The quantitative estimate of drug-likeness (QED) is 0.697. The third kappa shape index (κ3) is 3.82. The molecule has 144 valence electrons. The van der Waals surface area contributed by atoms with E-state index < -0.39 is 11.7 Å². The van der Waals surface area contributed by atoms with E-state index in [0.717, 1.165) is 24.5 Å². The van der Waals surface area contributed by atoms with E-state index in [9.17, 15) is 9.18 Å². The first-order chi connectivity index (χ1) is 12.2. The maximum atomic E-state index is 14.4. The number of ether oxygens (including phenoxy) is 1. The number of carbonyl (C=O) groups excluding carboxylic acids is 1. The molecular weight excluding hydrogens is 375 g/mol. The third-order valence-corrected chi connectivity index (χ3v) is 6.98. The van der Waals surface area contributed by atoms with Crippen LogP contribution < -0.4 is 9.46 Å². The summed E-state index contributed by atoms with van der Waals surface area (Å²) in [7, 11) is 3.56. The van der Waals surface area contributed by atoms with Crippen LogP contribution in [0.15, 0.2) is 12.1 Å². The lowest BCUT2D eigenvalue weighted by Crippen LogP contribution is -2.53. The van der Waals surface area contributed by atoms with Gasteiger partial charge in [0, 0.05) is 18.2 Å². The Kier molecular flexibility index (Phi) is 5.75. The highest BCUT2D eigenvalue weighted by Gasteiger charge is 2.54. The summed E-state index contributed by atoms with van der Waals surface area (Å²) in [6, 6.07) is 2.55. The van der Waals surface area contributed by atoms with Crippen LogP contribution in [0.4, 0.5) is 4.39 Å². The number of carbonyl (C=O) groups is 1. The second kappa shape index (κ2) is 7.56. The standard InChI is InChI=1S/C19H26ClFN2O2S/c1-19(2)12-6-5-11(14(19)7-12)10-25-17-9-16(21)13(8-15(17)20)18(24)22-26-23(3)4/h8-9,11-12,14H,5-7,10H2,1-4H3,(H,22,24)/t11-,12?,14?/m0/s1. The van der Waals surface area contributed by atoms with Gasteiger partial charge in [-0.05, 0) is 62.6 Å². The Morgan fingerprint density at radius 2 is 2.15 bits per heavy atom. The predicted molar refractivity (Wildman–Crippen MR) is 104 cm³/mol. The molecule has 0 heterocycles. The van der Waals surface area contributed by atoms with Crippen LogP contribution in [0.2, 0.25) is 5.02 Å². The first-order valence-electron chi connectivity index (χ1n) is 8.96. The highest BCUT2D eigenvalue weighted by atomic mass is 35.5. The van der Waals surface area contributed by atoms with Crippen molar-refractivity contribution in [2.45, 2.75) is 33.1 Å². The summed E-state index contributed by atoms with van der Waals surface area (Å²) < 4.78 is 24.5. The van der Waals surface area contributed by atoms with Gasteiger partial charge in [-0.2, -0.15) is 0 Å². The maximum Gasteiger partial charge on any atom is 0.265 e. The van der Waals surface area contributed by atoms with E-state index in [0.29, 0.717) is 29.6 Å². The molecule has 1 amide bonds. The van der Waals surface area contributed by atoms with Gasteiger partial charge in [-0.1, -0.05) is 25.4 Å². The second-order valence-electron chi connectivity index (χ2n) is 8.11. The van der Waals surface area contributed by atoms with Gasteiger partial charge in [-0.15, -0.1) is 0 Å². The summed E-state index contributed by atoms with van der Waals surface area (Å²) in [5.41, 5.74) is 0.297. The molecule has 0 aromatic heterocycles. The van der Waals surface area contributed by atoms with Gasteiger partial charge in [0.1, 0.15) is 11.6 Å². The van der Waals surface area contributed by atoms with E-state index in [4.69, 9.17) is 16.3 Å². The number of nitrogens with zero attached hydrogens (tertiary/aromatic N) is 1. The number of hydrogen-bond donors (Lipinski definition) is 1. The van der Waals surface area contributed by atoms with Crippen LogP contribution in [0, 0.1) is 29.0 Å². The van der Waals surface area contributed by atoms with Crippen LogP contribution in [0.1, 0.15) is 43.5 Å². The molecule has 1 aromatic carbocycles. The van der Waals surface area contributed by atoms with E-state index in [1.807, 2.05) is 0 Å². The molecule has 3 aliphatic rings.